The molecule has 0 saturated carbocycles. The lowest BCUT2D eigenvalue weighted by Crippen LogP contribution is -2.15. The third-order valence-corrected chi connectivity index (χ3v) is 6.86. The number of rotatable bonds is 3. The molecule has 27 heavy (non-hydrogen) atoms. The number of hydrogen-bond donors (Lipinski definition) is 1. The Labute approximate surface area is 163 Å². The number of hydrogen-bond acceptors (Lipinski definition) is 4. The molecule has 0 spiro atoms. The Hall–Kier alpha value is -2.14. The summed E-state index contributed by atoms with van der Waals surface area (Å²) in [6, 6.07) is 5.99. The van der Waals surface area contributed by atoms with Gasteiger partial charge in [-0.15, -0.1) is 11.3 Å². The lowest BCUT2D eigenvalue weighted by Gasteiger charge is -2.16. The van der Waals surface area contributed by atoms with Crippen molar-refractivity contribution in [3.05, 3.63) is 50.9 Å². The zero-order valence-electron chi connectivity index (χ0n) is 15.7. The van der Waals surface area contributed by atoms with Crippen LogP contribution in [-0.4, -0.2) is 19.0 Å². The Kier molecular flexibility index (Phi) is 5.30. The number of benzene rings is 1. The number of amides is 1. The number of nitrogens with one attached hydrogen (secondary N) is 1. The highest BCUT2D eigenvalue weighted by Crippen LogP contribution is 2.38. The summed E-state index contributed by atoms with van der Waals surface area (Å²) in [6.07, 6.45) is 9.78. The van der Waals surface area contributed by atoms with Crippen LogP contribution in [0.15, 0.2) is 18.2 Å². The predicted molar refractivity (Wildman–Crippen MR) is 108 cm³/mol. The Morgan fingerprint density at radius 2 is 1.70 bits per heavy atom. The van der Waals surface area contributed by atoms with Gasteiger partial charge >= 0.3 is 5.97 Å². The molecule has 4 rings (SSSR count). The van der Waals surface area contributed by atoms with E-state index < -0.39 is 0 Å². The fourth-order valence-corrected chi connectivity index (χ4v) is 5.47. The van der Waals surface area contributed by atoms with Crippen LogP contribution in [0.2, 0.25) is 0 Å². The second-order valence-corrected chi connectivity index (χ2v) is 8.51. The Bertz CT molecular complexity index is 884. The molecule has 0 bridgehead atoms. The SMILES string of the molecule is COC(=O)c1c(NC(=O)c2ccc3c(c2)CCCC3)sc2c1CCCCC2. The fourth-order valence-electron chi connectivity index (χ4n) is 4.20. The van der Waals surface area contributed by atoms with Gasteiger partial charge in [0.2, 0.25) is 0 Å². The molecule has 1 aromatic heterocycles. The number of carbonyl (C=O) groups is 2. The van der Waals surface area contributed by atoms with E-state index in [1.54, 1.807) is 0 Å². The van der Waals surface area contributed by atoms with E-state index in [9.17, 15) is 9.59 Å². The van der Waals surface area contributed by atoms with Crippen LogP contribution in [0, 0.1) is 0 Å². The molecule has 142 valence electrons. The van der Waals surface area contributed by atoms with Crippen molar-refractivity contribution in [1.29, 1.82) is 0 Å². The molecule has 0 unspecified atom stereocenters. The minimum atomic E-state index is -0.352. The van der Waals surface area contributed by atoms with Crippen molar-refractivity contribution in [3.8, 4) is 0 Å². The minimum absolute atomic E-state index is 0.148. The monoisotopic (exact) mass is 383 g/mol. The fraction of sp³-hybridized carbons (Fsp3) is 0.455. The van der Waals surface area contributed by atoms with Crippen molar-refractivity contribution < 1.29 is 14.3 Å². The lowest BCUT2D eigenvalue weighted by atomic mass is 9.90. The molecule has 5 heteroatoms. The molecule has 0 radical (unpaired) electrons. The normalized spacial score (nSPS) is 16.0. The molecule has 2 aliphatic rings. The standard InChI is InChI=1S/C22H25NO3S/c1-26-22(25)19-17-9-3-2-4-10-18(17)27-21(19)23-20(24)16-12-11-14-7-5-6-8-15(14)13-16/h11-13H,2-10H2,1H3,(H,23,24). The molecule has 0 saturated heterocycles. The number of aryl methyl sites for hydroxylation is 3. The van der Waals surface area contributed by atoms with Crippen molar-refractivity contribution in [3.63, 3.8) is 0 Å². The first-order valence-electron chi connectivity index (χ1n) is 9.83. The molecular formula is C22H25NO3S. The van der Waals surface area contributed by atoms with Crippen LogP contribution in [0.5, 0.6) is 0 Å². The van der Waals surface area contributed by atoms with Gasteiger partial charge in [0, 0.05) is 10.4 Å². The van der Waals surface area contributed by atoms with E-state index in [0.717, 1.165) is 44.1 Å². The van der Waals surface area contributed by atoms with Gasteiger partial charge in [0.1, 0.15) is 5.00 Å². The Morgan fingerprint density at radius 1 is 0.963 bits per heavy atom. The maximum atomic E-state index is 12.9. The van der Waals surface area contributed by atoms with Crippen LogP contribution in [0.3, 0.4) is 0 Å². The summed E-state index contributed by atoms with van der Waals surface area (Å²) in [5, 5.41) is 3.64. The van der Waals surface area contributed by atoms with Gasteiger partial charge in [0.05, 0.1) is 12.7 Å². The quantitative estimate of drug-likeness (QED) is 0.604. The van der Waals surface area contributed by atoms with Crippen molar-refractivity contribution in [2.24, 2.45) is 0 Å². The van der Waals surface area contributed by atoms with Gasteiger partial charge in [-0.3, -0.25) is 4.79 Å². The highest BCUT2D eigenvalue weighted by atomic mass is 32.1. The van der Waals surface area contributed by atoms with E-state index in [0.29, 0.717) is 16.1 Å². The molecule has 2 aliphatic carbocycles. The number of ether oxygens (including phenoxy) is 1. The molecule has 1 aromatic carbocycles. The summed E-state index contributed by atoms with van der Waals surface area (Å²) in [6.45, 7) is 0. The van der Waals surface area contributed by atoms with Crippen LogP contribution in [0.25, 0.3) is 0 Å². The second kappa shape index (κ2) is 7.85. The molecule has 4 nitrogen and oxygen atoms in total. The largest absolute Gasteiger partial charge is 0.465 e. The Balaban J connectivity index is 1.64. The number of thiophene rings is 1. The van der Waals surface area contributed by atoms with Gasteiger partial charge in [-0.05, 0) is 80.2 Å². The zero-order chi connectivity index (χ0) is 18.8. The molecule has 0 atom stereocenters. The van der Waals surface area contributed by atoms with Gasteiger partial charge in [-0.25, -0.2) is 4.79 Å². The van der Waals surface area contributed by atoms with E-state index in [1.807, 2.05) is 12.1 Å². The van der Waals surface area contributed by atoms with Crippen LogP contribution in [-0.2, 0) is 30.4 Å². The van der Waals surface area contributed by atoms with Gasteiger partial charge < -0.3 is 10.1 Å². The highest BCUT2D eigenvalue weighted by molar-refractivity contribution is 7.17. The third-order valence-electron chi connectivity index (χ3n) is 5.65. The first kappa shape index (κ1) is 18.2. The summed E-state index contributed by atoms with van der Waals surface area (Å²) >= 11 is 1.54. The lowest BCUT2D eigenvalue weighted by molar-refractivity contribution is 0.0601. The van der Waals surface area contributed by atoms with Gasteiger partial charge in [-0.1, -0.05) is 12.5 Å². The molecule has 1 amide bonds. The van der Waals surface area contributed by atoms with E-state index in [-0.39, 0.29) is 11.9 Å². The summed E-state index contributed by atoms with van der Waals surface area (Å²) in [5.41, 5.74) is 4.94. The summed E-state index contributed by atoms with van der Waals surface area (Å²) < 4.78 is 5.02. The van der Waals surface area contributed by atoms with Gasteiger partial charge in [0.15, 0.2) is 0 Å². The molecule has 0 fully saturated rings. The van der Waals surface area contributed by atoms with Crippen LogP contribution < -0.4 is 5.32 Å². The second-order valence-electron chi connectivity index (χ2n) is 7.40. The first-order valence-corrected chi connectivity index (χ1v) is 10.6. The number of carbonyl (C=O) groups excluding carboxylic acids is 2. The smallest absolute Gasteiger partial charge is 0.341 e. The maximum absolute atomic E-state index is 12.9. The summed E-state index contributed by atoms with van der Waals surface area (Å²) in [5.74, 6) is -0.500. The maximum Gasteiger partial charge on any atom is 0.341 e. The highest BCUT2D eigenvalue weighted by Gasteiger charge is 2.26. The van der Waals surface area contributed by atoms with Gasteiger partial charge in [-0.2, -0.15) is 0 Å². The van der Waals surface area contributed by atoms with Crippen LogP contribution in [0.4, 0.5) is 5.00 Å². The molecule has 2 aromatic rings. The molecule has 1 N–H and O–H groups in total. The number of anilines is 1. The van der Waals surface area contributed by atoms with Crippen molar-refractivity contribution in [1.82, 2.24) is 0 Å². The van der Waals surface area contributed by atoms with E-state index >= 15 is 0 Å². The molecule has 0 aliphatic heterocycles. The zero-order valence-corrected chi connectivity index (χ0v) is 16.5. The molecule has 1 heterocycles. The van der Waals surface area contributed by atoms with Crippen LogP contribution >= 0.6 is 11.3 Å². The van der Waals surface area contributed by atoms with Gasteiger partial charge in [0.25, 0.3) is 5.91 Å². The first-order chi connectivity index (χ1) is 13.2. The topological polar surface area (TPSA) is 55.4 Å². The average Bonchev–Trinajstić information content (AvgIpc) is 2.87. The number of methoxy groups -OCH3 is 1. The molecular weight excluding hydrogens is 358 g/mol. The minimum Gasteiger partial charge on any atom is -0.465 e. The average molecular weight is 384 g/mol. The van der Waals surface area contributed by atoms with E-state index in [2.05, 4.69) is 11.4 Å². The third kappa shape index (κ3) is 3.65. The summed E-state index contributed by atoms with van der Waals surface area (Å²) in [7, 11) is 1.40. The Morgan fingerprint density at radius 3 is 2.52 bits per heavy atom. The van der Waals surface area contributed by atoms with Crippen molar-refractivity contribution in [2.75, 3.05) is 12.4 Å². The predicted octanol–water partition coefficient (Wildman–Crippen LogP) is 4.93. The van der Waals surface area contributed by atoms with Crippen molar-refractivity contribution in [2.45, 2.75) is 57.8 Å². The summed E-state index contributed by atoms with van der Waals surface area (Å²) in [4.78, 5) is 26.5. The van der Waals surface area contributed by atoms with Crippen LogP contribution in [0.1, 0.15) is 74.4 Å². The van der Waals surface area contributed by atoms with Crippen molar-refractivity contribution >= 4 is 28.2 Å². The van der Waals surface area contributed by atoms with E-state index in [4.69, 9.17) is 4.74 Å². The number of fused-ring (bicyclic) bond motifs is 2. The number of esters is 1. The van der Waals surface area contributed by atoms with E-state index in [1.165, 1.54) is 53.7 Å².